The van der Waals surface area contributed by atoms with E-state index in [4.69, 9.17) is 5.11 Å². The zero-order valence-electron chi connectivity index (χ0n) is 10.8. The molecule has 1 rings (SSSR count). The molecule has 7 heteroatoms. The van der Waals surface area contributed by atoms with Gasteiger partial charge < -0.3 is 9.67 Å². The Bertz CT molecular complexity index is 543. The van der Waals surface area contributed by atoms with E-state index < -0.39 is 16.0 Å². The number of nitrogens with zero attached hydrogens (tertiary/aromatic N) is 1. The fourth-order valence-electron chi connectivity index (χ4n) is 1.58. The molecule has 0 aliphatic carbocycles. The van der Waals surface area contributed by atoms with Gasteiger partial charge in [0.2, 0.25) is 10.0 Å². The molecule has 1 aromatic heterocycles. The van der Waals surface area contributed by atoms with Gasteiger partial charge in [-0.3, -0.25) is 0 Å². The second kappa shape index (κ2) is 5.11. The fourth-order valence-corrected chi connectivity index (χ4v) is 2.85. The predicted molar refractivity (Wildman–Crippen MR) is 67.2 cm³/mol. The minimum absolute atomic E-state index is 0.0256. The van der Waals surface area contributed by atoms with Crippen molar-refractivity contribution in [1.82, 2.24) is 9.29 Å². The van der Waals surface area contributed by atoms with Gasteiger partial charge in [0.25, 0.3) is 0 Å². The number of rotatable bonds is 5. The Morgan fingerprint density at radius 3 is 2.22 bits per heavy atom. The Hall–Kier alpha value is -1.34. The minimum atomic E-state index is -3.66. The number of hydrogen-bond acceptors (Lipinski definition) is 3. The lowest BCUT2D eigenvalue weighted by Crippen LogP contribution is -2.30. The Kier molecular flexibility index (Phi) is 4.18. The standard InChI is InChI=1S/C11H18N2O4S/c1-7(2)12-18(16,17)9-5-10(11(14)15)13(6-9)8(3)4/h5-8,12H,1-4H3,(H,14,15). The van der Waals surface area contributed by atoms with E-state index in [-0.39, 0.29) is 22.7 Å². The van der Waals surface area contributed by atoms with Crippen LogP contribution in [-0.2, 0) is 10.0 Å². The van der Waals surface area contributed by atoms with E-state index in [0.29, 0.717) is 0 Å². The van der Waals surface area contributed by atoms with E-state index in [2.05, 4.69) is 4.72 Å². The average molecular weight is 274 g/mol. The van der Waals surface area contributed by atoms with E-state index in [1.54, 1.807) is 27.7 Å². The lowest BCUT2D eigenvalue weighted by atomic mass is 10.3. The molecule has 1 aromatic rings. The Balaban J connectivity index is 3.28. The molecule has 0 saturated carbocycles. The highest BCUT2D eigenvalue weighted by atomic mass is 32.2. The van der Waals surface area contributed by atoms with Crippen LogP contribution < -0.4 is 4.72 Å². The maximum atomic E-state index is 11.9. The highest BCUT2D eigenvalue weighted by molar-refractivity contribution is 7.89. The lowest BCUT2D eigenvalue weighted by Gasteiger charge is -2.09. The topological polar surface area (TPSA) is 88.4 Å². The second-order valence-electron chi connectivity index (χ2n) is 4.64. The number of hydrogen-bond donors (Lipinski definition) is 2. The molecule has 2 N–H and O–H groups in total. The van der Waals surface area contributed by atoms with Gasteiger partial charge in [0.05, 0.1) is 0 Å². The summed E-state index contributed by atoms with van der Waals surface area (Å²) in [6.07, 6.45) is 1.35. The average Bonchev–Trinajstić information content (AvgIpc) is 2.59. The Morgan fingerprint density at radius 2 is 1.89 bits per heavy atom. The number of aromatic nitrogens is 1. The van der Waals surface area contributed by atoms with Gasteiger partial charge in [-0.2, -0.15) is 0 Å². The van der Waals surface area contributed by atoms with Crippen LogP contribution in [0.25, 0.3) is 0 Å². The molecule has 0 spiro atoms. The number of carboxylic acid groups (broad SMARTS) is 1. The van der Waals surface area contributed by atoms with Gasteiger partial charge in [-0.15, -0.1) is 0 Å². The molecule has 0 fully saturated rings. The van der Waals surface area contributed by atoms with Gasteiger partial charge in [-0.25, -0.2) is 17.9 Å². The zero-order valence-corrected chi connectivity index (χ0v) is 11.7. The van der Waals surface area contributed by atoms with Crippen LogP contribution in [-0.4, -0.2) is 30.1 Å². The van der Waals surface area contributed by atoms with Gasteiger partial charge in [0, 0.05) is 18.3 Å². The van der Waals surface area contributed by atoms with Crippen molar-refractivity contribution in [3.8, 4) is 0 Å². The lowest BCUT2D eigenvalue weighted by molar-refractivity contribution is 0.0683. The van der Waals surface area contributed by atoms with Crippen LogP contribution >= 0.6 is 0 Å². The first-order chi connectivity index (χ1) is 8.15. The zero-order chi connectivity index (χ0) is 14.1. The van der Waals surface area contributed by atoms with Crippen molar-refractivity contribution in [3.05, 3.63) is 18.0 Å². The molecule has 0 aliphatic heterocycles. The second-order valence-corrected chi connectivity index (χ2v) is 6.36. The van der Waals surface area contributed by atoms with Crippen molar-refractivity contribution in [2.24, 2.45) is 0 Å². The molecule has 0 amide bonds. The monoisotopic (exact) mass is 274 g/mol. The van der Waals surface area contributed by atoms with Crippen LogP contribution in [0.5, 0.6) is 0 Å². The summed E-state index contributed by atoms with van der Waals surface area (Å²) >= 11 is 0. The number of carbonyl (C=O) groups is 1. The summed E-state index contributed by atoms with van der Waals surface area (Å²) in [7, 11) is -3.66. The van der Waals surface area contributed by atoms with Gasteiger partial charge in [-0.1, -0.05) is 0 Å². The SMILES string of the molecule is CC(C)NS(=O)(=O)c1cc(C(=O)O)n(C(C)C)c1. The number of aromatic carboxylic acids is 1. The smallest absolute Gasteiger partial charge is 0.352 e. The van der Waals surface area contributed by atoms with Crippen LogP contribution in [0.1, 0.15) is 44.2 Å². The van der Waals surface area contributed by atoms with Crippen LogP contribution in [0.3, 0.4) is 0 Å². The largest absolute Gasteiger partial charge is 0.477 e. The maximum absolute atomic E-state index is 11.9. The van der Waals surface area contributed by atoms with Crippen molar-refractivity contribution >= 4 is 16.0 Å². The summed E-state index contributed by atoms with van der Waals surface area (Å²) < 4.78 is 27.7. The first-order valence-electron chi connectivity index (χ1n) is 5.62. The van der Waals surface area contributed by atoms with Crippen LogP contribution in [0.15, 0.2) is 17.2 Å². The van der Waals surface area contributed by atoms with Crippen molar-refractivity contribution in [2.75, 3.05) is 0 Å². The normalized spacial score (nSPS) is 12.3. The fraction of sp³-hybridized carbons (Fsp3) is 0.545. The highest BCUT2D eigenvalue weighted by Gasteiger charge is 2.22. The van der Waals surface area contributed by atoms with E-state index in [0.717, 1.165) is 0 Å². The number of nitrogens with one attached hydrogen (secondary N) is 1. The first kappa shape index (κ1) is 14.7. The molecule has 18 heavy (non-hydrogen) atoms. The van der Waals surface area contributed by atoms with Gasteiger partial charge in [0.1, 0.15) is 10.6 Å². The van der Waals surface area contributed by atoms with Gasteiger partial charge in [-0.05, 0) is 33.8 Å². The third kappa shape index (κ3) is 3.11. The van der Waals surface area contributed by atoms with Crippen molar-refractivity contribution in [3.63, 3.8) is 0 Å². The summed E-state index contributed by atoms with van der Waals surface area (Å²) in [5.41, 5.74) is -0.0332. The van der Waals surface area contributed by atoms with Gasteiger partial charge in [0.15, 0.2) is 0 Å². The molecule has 6 nitrogen and oxygen atoms in total. The number of sulfonamides is 1. The third-order valence-electron chi connectivity index (χ3n) is 2.30. The molecule has 0 unspecified atom stereocenters. The Morgan fingerprint density at radius 1 is 1.33 bits per heavy atom. The highest BCUT2D eigenvalue weighted by Crippen LogP contribution is 2.19. The van der Waals surface area contributed by atoms with Gasteiger partial charge >= 0.3 is 5.97 Å². The van der Waals surface area contributed by atoms with Crippen molar-refractivity contribution in [1.29, 1.82) is 0 Å². The van der Waals surface area contributed by atoms with E-state index >= 15 is 0 Å². The van der Waals surface area contributed by atoms with E-state index in [1.165, 1.54) is 16.8 Å². The molecule has 0 bridgehead atoms. The van der Waals surface area contributed by atoms with E-state index in [9.17, 15) is 13.2 Å². The molecule has 1 heterocycles. The number of carboxylic acids is 1. The molecule has 0 aliphatic rings. The van der Waals surface area contributed by atoms with Crippen molar-refractivity contribution < 1.29 is 18.3 Å². The summed E-state index contributed by atoms with van der Waals surface area (Å²) in [5.74, 6) is -1.14. The van der Waals surface area contributed by atoms with Crippen LogP contribution in [0.2, 0.25) is 0 Å². The molecule has 0 radical (unpaired) electrons. The molecular weight excluding hydrogens is 256 g/mol. The Labute approximate surface area is 107 Å². The molecule has 0 saturated heterocycles. The quantitative estimate of drug-likeness (QED) is 0.850. The predicted octanol–water partition coefficient (Wildman–Crippen LogP) is 1.45. The molecular formula is C11H18N2O4S. The van der Waals surface area contributed by atoms with Crippen LogP contribution in [0.4, 0.5) is 0 Å². The summed E-state index contributed by atoms with van der Waals surface area (Å²) in [6, 6.07) is 0.803. The first-order valence-corrected chi connectivity index (χ1v) is 7.11. The molecule has 0 aromatic carbocycles. The summed E-state index contributed by atoms with van der Waals surface area (Å²) in [6.45, 7) is 6.99. The third-order valence-corrected chi connectivity index (χ3v) is 3.93. The molecule has 102 valence electrons. The molecule has 0 atom stereocenters. The van der Waals surface area contributed by atoms with Crippen molar-refractivity contribution in [2.45, 2.75) is 44.7 Å². The minimum Gasteiger partial charge on any atom is -0.477 e. The van der Waals surface area contributed by atoms with Crippen LogP contribution in [0, 0.1) is 0 Å². The maximum Gasteiger partial charge on any atom is 0.352 e. The van der Waals surface area contributed by atoms with E-state index in [1.807, 2.05) is 0 Å². The summed E-state index contributed by atoms with van der Waals surface area (Å²) in [5, 5.41) is 9.04. The summed E-state index contributed by atoms with van der Waals surface area (Å²) in [4.78, 5) is 11.0.